The Morgan fingerprint density at radius 2 is 1.95 bits per heavy atom. The van der Waals surface area contributed by atoms with Gasteiger partial charge in [-0.1, -0.05) is 27.2 Å². The second-order valence-electron chi connectivity index (χ2n) is 6.77. The fourth-order valence-corrected chi connectivity index (χ4v) is 3.48. The number of hydrogen-bond donors (Lipinski definition) is 1. The van der Waals surface area contributed by atoms with E-state index in [1.54, 1.807) is 0 Å². The molecule has 2 nitrogen and oxygen atoms in total. The van der Waals surface area contributed by atoms with Gasteiger partial charge in [-0.2, -0.15) is 0 Å². The maximum Gasteiger partial charge on any atom is 0.120 e. The van der Waals surface area contributed by atoms with Crippen LogP contribution in [0.1, 0.15) is 64.5 Å². The van der Waals surface area contributed by atoms with Crippen molar-refractivity contribution >= 4 is 0 Å². The molecule has 1 saturated carbocycles. The molecule has 19 heavy (non-hydrogen) atoms. The molecule has 1 N–H and O–H groups in total. The Hall–Kier alpha value is -0.760. The highest BCUT2D eigenvalue weighted by Crippen LogP contribution is 2.34. The molecule has 0 amide bonds. The van der Waals surface area contributed by atoms with Crippen molar-refractivity contribution in [2.75, 3.05) is 0 Å². The lowest BCUT2D eigenvalue weighted by Gasteiger charge is -2.39. The first-order valence-electron chi connectivity index (χ1n) is 7.79. The van der Waals surface area contributed by atoms with Crippen LogP contribution in [0, 0.1) is 24.7 Å². The van der Waals surface area contributed by atoms with Crippen LogP contribution in [0.4, 0.5) is 0 Å². The van der Waals surface area contributed by atoms with Crippen LogP contribution in [0.3, 0.4) is 0 Å². The van der Waals surface area contributed by atoms with E-state index in [2.05, 4.69) is 45.1 Å². The Balaban J connectivity index is 2.02. The Morgan fingerprint density at radius 1 is 1.21 bits per heavy atom. The molecule has 1 heterocycles. The van der Waals surface area contributed by atoms with Gasteiger partial charge in [-0.15, -0.1) is 0 Å². The SMILES string of the molecule is Cc1ccc(C(C)NC2CC(C)CCC2C(C)C)o1. The highest BCUT2D eigenvalue weighted by atomic mass is 16.3. The van der Waals surface area contributed by atoms with Crippen molar-refractivity contribution in [2.45, 2.75) is 66.0 Å². The molecule has 2 heteroatoms. The van der Waals surface area contributed by atoms with Crippen molar-refractivity contribution in [3.8, 4) is 0 Å². The van der Waals surface area contributed by atoms with Crippen molar-refractivity contribution in [2.24, 2.45) is 17.8 Å². The van der Waals surface area contributed by atoms with Crippen molar-refractivity contribution < 1.29 is 4.42 Å². The van der Waals surface area contributed by atoms with Gasteiger partial charge in [-0.05, 0) is 56.6 Å². The van der Waals surface area contributed by atoms with Crippen molar-refractivity contribution in [1.29, 1.82) is 0 Å². The van der Waals surface area contributed by atoms with E-state index >= 15 is 0 Å². The monoisotopic (exact) mass is 263 g/mol. The number of aryl methyl sites for hydroxylation is 1. The minimum Gasteiger partial charge on any atom is -0.465 e. The Kier molecular flexibility index (Phi) is 4.72. The number of hydrogen-bond acceptors (Lipinski definition) is 2. The first-order chi connectivity index (χ1) is 8.97. The van der Waals surface area contributed by atoms with Gasteiger partial charge in [0.1, 0.15) is 11.5 Å². The molecule has 0 aliphatic heterocycles. The van der Waals surface area contributed by atoms with Crippen molar-refractivity contribution in [3.63, 3.8) is 0 Å². The summed E-state index contributed by atoms with van der Waals surface area (Å²) in [6.07, 6.45) is 4.04. The van der Waals surface area contributed by atoms with Crippen molar-refractivity contribution in [1.82, 2.24) is 5.32 Å². The van der Waals surface area contributed by atoms with Crippen LogP contribution in [-0.4, -0.2) is 6.04 Å². The predicted octanol–water partition coefficient (Wildman–Crippen LogP) is 4.70. The smallest absolute Gasteiger partial charge is 0.120 e. The zero-order valence-corrected chi connectivity index (χ0v) is 13.1. The third kappa shape index (κ3) is 3.62. The van der Waals surface area contributed by atoms with Gasteiger partial charge in [0.15, 0.2) is 0 Å². The molecule has 0 saturated heterocycles. The molecule has 0 spiro atoms. The van der Waals surface area contributed by atoms with E-state index in [1.807, 2.05) is 6.92 Å². The average Bonchev–Trinajstić information content (AvgIpc) is 2.75. The number of rotatable bonds is 4. The van der Waals surface area contributed by atoms with E-state index < -0.39 is 0 Å². The molecular formula is C17H29NO. The molecule has 0 bridgehead atoms. The molecule has 1 aliphatic carbocycles. The van der Waals surface area contributed by atoms with Crippen LogP contribution >= 0.6 is 0 Å². The van der Waals surface area contributed by atoms with Gasteiger partial charge in [0, 0.05) is 6.04 Å². The molecule has 1 aromatic heterocycles. The van der Waals surface area contributed by atoms with Gasteiger partial charge in [0.25, 0.3) is 0 Å². The van der Waals surface area contributed by atoms with Gasteiger partial charge in [0.05, 0.1) is 6.04 Å². The van der Waals surface area contributed by atoms with Crippen molar-refractivity contribution in [3.05, 3.63) is 23.7 Å². The second kappa shape index (κ2) is 6.13. The molecule has 4 unspecified atom stereocenters. The van der Waals surface area contributed by atoms with Crippen LogP contribution in [0.5, 0.6) is 0 Å². The molecule has 0 radical (unpaired) electrons. The summed E-state index contributed by atoms with van der Waals surface area (Å²) < 4.78 is 5.75. The summed E-state index contributed by atoms with van der Waals surface area (Å²) in [5, 5.41) is 3.82. The minimum absolute atomic E-state index is 0.310. The van der Waals surface area contributed by atoms with E-state index in [0.29, 0.717) is 12.1 Å². The summed E-state index contributed by atoms with van der Waals surface area (Å²) in [4.78, 5) is 0. The topological polar surface area (TPSA) is 25.2 Å². The third-order valence-electron chi connectivity index (χ3n) is 4.67. The Bertz CT molecular complexity index is 396. The average molecular weight is 263 g/mol. The van der Waals surface area contributed by atoms with E-state index in [-0.39, 0.29) is 0 Å². The molecule has 1 fully saturated rings. The molecule has 108 valence electrons. The van der Waals surface area contributed by atoms with Crippen LogP contribution in [0.2, 0.25) is 0 Å². The molecule has 1 aliphatic rings. The highest BCUT2D eigenvalue weighted by Gasteiger charge is 2.31. The number of nitrogens with one attached hydrogen (secondary N) is 1. The molecule has 2 rings (SSSR count). The van der Waals surface area contributed by atoms with E-state index in [9.17, 15) is 0 Å². The summed E-state index contributed by atoms with van der Waals surface area (Å²) in [7, 11) is 0. The maximum absolute atomic E-state index is 5.75. The summed E-state index contributed by atoms with van der Waals surface area (Å²) >= 11 is 0. The minimum atomic E-state index is 0.310. The summed E-state index contributed by atoms with van der Waals surface area (Å²) in [5.74, 6) is 4.47. The standard InChI is InChI=1S/C17H29NO/c1-11(2)15-8-6-12(3)10-16(15)18-14(5)17-9-7-13(4)19-17/h7,9,11-12,14-16,18H,6,8,10H2,1-5H3. The van der Waals surface area contributed by atoms with Crippen LogP contribution in [-0.2, 0) is 0 Å². The molecule has 1 aromatic rings. The van der Waals surface area contributed by atoms with Gasteiger partial charge >= 0.3 is 0 Å². The molecule has 0 aromatic carbocycles. The number of furan rings is 1. The van der Waals surface area contributed by atoms with E-state index in [0.717, 1.165) is 29.3 Å². The fraction of sp³-hybridized carbons (Fsp3) is 0.765. The lowest BCUT2D eigenvalue weighted by molar-refractivity contribution is 0.157. The molecular weight excluding hydrogens is 234 g/mol. The lowest BCUT2D eigenvalue weighted by Crippen LogP contribution is -2.43. The fourth-order valence-electron chi connectivity index (χ4n) is 3.48. The van der Waals surface area contributed by atoms with E-state index in [1.165, 1.54) is 19.3 Å². The Labute approximate surface area is 118 Å². The van der Waals surface area contributed by atoms with Gasteiger partial charge in [-0.3, -0.25) is 0 Å². The van der Waals surface area contributed by atoms with Crippen LogP contribution in [0.15, 0.2) is 16.5 Å². The van der Waals surface area contributed by atoms with Crippen LogP contribution in [0.25, 0.3) is 0 Å². The zero-order chi connectivity index (χ0) is 14.0. The summed E-state index contributed by atoms with van der Waals surface area (Å²) in [6, 6.07) is 5.09. The van der Waals surface area contributed by atoms with Gasteiger partial charge < -0.3 is 9.73 Å². The van der Waals surface area contributed by atoms with Gasteiger partial charge in [0.2, 0.25) is 0 Å². The predicted molar refractivity (Wildman–Crippen MR) is 80.1 cm³/mol. The zero-order valence-electron chi connectivity index (χ0n) is 13.1. The largest absolute Gasteiger partial charge is 0.465 e. The van der Waals surface area contributed by atoms with E-state index in [4.69, 9.17) is 4.42 Å². The normalized spacial score (nSPS) is 29.7. The second-order valence-corrected chi connectivity index (χ2v) is 6.77. The lowest BCUT2D eigenvalue weighted by atomic mass is 9.74. The summed E-state index contributed by atoms with van der Waals surface area (Å²) in [5.41, 5.74) is 0. The third-order valence-corrected chi connectivity index (χ3v) is 4.67. The maximum atomic E-state index is 5.75. The van der Waals surface area contributed by atoms with Crippen LogP contribution < -0.4 is 5.32 Å². The first-order valence-corrected chi connectivity index (χ1v) is 7.79. The first kappa shape index (κ1) is 14.6. The highest BCUT2D eigenvalue weighted by molar-refractivity contribution is 5.09. The quantitative estimate of drug-likeness (QED) is 0.851. The molecule has 4 atom stereocenters. The van der Waals surface area contributed by atoms with Gasteiger partial charge in [-0.25, -0.2) is 0 Å². The summed E-state index contributed by atoms with van der Waals surface area (Å²) in [6.45, 7) is 11.3. The Morgan fingerprint density at radius 3 is 2.53 bits per heavy atom.